The van der Waals surface area contributed by atoms with Gasteiger partial charge in [0.2, 0.25) is 0 Å². The Kier molecular flexibility index (Phi) is 4.91. The fourth-order valence-corrected chi connectivity index (χ4v) is 1.60. The van der Waals surface area contributed by atoms with Crippen molar-refractivity contribution in [3.8, 4) is 0 Å². The van der Waals surface area contributed by atoms with Crippen LogP contribution in [0.4, 0.5) is 0 Å². The normalized spacial score (nSPS) is 10.5. The van der Waals surface area contributed by atoms with Gasteiger partial charge in [-0.15, -0.1) is 0 Å². The van der Waals surface area contributed by atoms with Crippen LogP contribution in [-0.2, 0) is 9.53 Å². The molecular formula is C13H13ClO3. The number of benzene rings is 1. The number of Topliss-reactive ketones (excluding diaryl/α,β-unsaturated/α-hetero) is 1. The summed E-state index contributed by atoms with van der Waals surface area (Å²) in [5.74, 6) is -0.491. The van der Waals surface area contributed by atoms with Gasteiger partial charge in [-0.1, -0.05) is 17.7 Å². The van der Waals surface area contributed by atoms with Crippen LogP contribution in [0, 0.1) is 0 Å². The number of hydrogen-bond acceptors (Lipinski definition) is 3. The van der Waals surface area contributed by atoms with Crippen LogP contribution in [0.25, 0.3) is 6.08 Å². The van der Waals surface area contributed by atoms with Crippen LogP contribution in [-0.4, -0.2) is 18.4 Å². The Labute approximate surface area is 105 Å². The molecule has 3 nitrogen and oxygen atoms in total. The number of hydrogen-bond donors (Lipinski definition) is 0. The maximum atomic E-state index is 11.2. The summed E-state index contributed by atoms with van der Waals surface area (Å²) < 4.78 is 4.74. The Morgan fingerprint density at radius 2 is 2.12 bits per heavy atom. The molecule has 0 fully saturated rings. The van der Waals surface area contributed by atoms with Crippen LogP contribution >= 0.6 is 11.6 Å². The lowest BCUT2D eigenvalue weighted by molar-refractivity contribution is -0.137. The molecule has 0 unspecified atom stereocenters. The standard InChI is InChI=1S/C13H13ClO3/c1-3-17-13(16)7-5-10-4-6-11(9(2)15)12(14)8-10/h4-8H,3H2,1-2H3. The molecule has 0 aliphatic carbocycles. The second-order valence-electron chi connectivity index (χ2n) is 3.38. The van der Waals surface area contributed by atoms with Crippen LogP contribution in [0.15, 0.2) is 24.3 Å². The summed E-state index contributed by atoms with van der Waals surface area (Å²) >= 11 is 5.93. The van der Waals surface area contributed by atoms with E-state index >= 15 is 0 Å². The lowest BCUT2D eigenvalue weighted by Crippen LogP contribution is -1.98. The summed E-state index contributed by atoms with van der Waals surface area (Å²) in [6, 6.07) is 4.99. The van der Waals surface area contributed by atoms with E-state index < -0.39 is 5.97 Å². The first kappa shape index (κ1) is 13.5. The van der Waals surface area contributed by atoms with Crippen molar-refractivity contribution in [1.29, 1.82) is 0 Å². The van der Waals surface area contributed by atoms with E-state index in [2.05, 4.69) is 0 Å². The highest BCUT2D eigenvalue weighted by Crippen LogP contribution is 2.19. The Morgan fingerprint density at radius 3 is 2.65 bits per heavy atom. The quantitative estimate of drug-likeness (QED) is 0.470. The first-order valence-electron chi connectivity index (χ1n) is 5.20. The number of rotatable bonds is 4. The fraction of sp³-hybridized carbons (Fsp3) is 0.231. The van der Waals surface area contributed by atoms with Crippen molar-refractivity contribution in [2.45, 2.75) is 13.8 Å². The van der Waals surface area contributed by atoms with Crippen LogP contribution in [0.5, 0.6) is 0 Å². The van der Waals surface area contributed by atoms with Crippen molar-refractivity contribution in [2.75, 3.05) is 6.61 Å². The average Bonchev–Trinajstić information content (AvgIpc) is 2.26. The highest BCUT2D eigenvalue weighted by atomic mass is 35.5. The molecule has 0 saturated heterocycles. The molecule has 90 valence electrons. The minimum Gasteiger partial charge on any atom is -0.463 e. The Hall–Kier alpha value is -1.61. The van der Waals surface area contributed by atoms with Crippen molar-refractivity contribution in [3.63, 3.8) is 0 Å². The minimum atomic E-state index is -0.403. The zero-order valence-electron chi connectivity index (χ0n) is 9.70. The van der Waals surface area contributed by atoms with Crippen molar-refractivity contribution in [1.82, 2.24) is 0 Å². The van der Waals surface area contributed by atoms with Crippen molar-refractivity contribution in [3.05, 3.63) is 40.4 Å². The summed E-state index contributed by atoms with van der Waals surface area (Å²) in [4.78, 5) is 22.2. The Balaban J connectivity index is 2.84. The largest absolute Gasteiger partial charge is 0.463 e. The van der Waals surface area contributed by atoms with Gasteiger partial charge >= 0.3 is 5.97 Å². The number of carbonyl (C=O) groups excluding carboxylic acids is 2. The molecule has 0 amide bonds. The van der Waals surface area contributed by atoms with E-state index in [0.29, 0.717) is 17.2 Å². The third-order valence-electron chi connectivity index (χ3n) is 2.07. The molecule has 0 aromatic heterocycles. The fourth-order valence-electron chi connectivity index (χ4n) is 1.28. The number of ketones is 1. The number of halogens is 1. The van der Waals surface area contributed by atoms with E-state index in [4.69, 9.17) is 16.3 Å². The van der Waals surface area contributed by atoms with Gasteiger partial charge in [0.25, 0.3) is 0 Å². The second kappa shape index (κ2) is 6.21. The molecule has 0 spiro atoms. The number of carbonyl (C=O) groups is 2. The van der Waals surface area contributed by atoms with Gasteiger partial charge in [0, 0.05) is 11.6 Å². The Bertz CT molecular complexity index is 464. The molecule has 1 aromatic carbocycles. The maximum absolute atomic E-state index is 11.2. The van der Waals surface area contributed by atoms with E-state index in [1.807, 2.05) is 0 Å². The summed E-state index contributed by atoms with van der Waals surface area (Å²) in [6.45, 7) is 3.53. The smallest absolute Gasteiger partial charge is 0.330 e. The number of esters is 1. The molecule has 0 radical (unpaired) electrons. The maximum Gasteiger partial charge on any atom is 0.330 e. The van der Waals surface area contributed by atoms with Crippen molar-refractivity contribution >= 4 is 29.4 Å². The predicted molar refractivity (Wildman–Crippen MR) is 67.1 cm³/mol. The number of ether oxygens (including phenoxy) is 1. The first-order valence-corrected chi connectivity index (χ1v) is 5.57. The van der Waals surface area contributed by atoms with Gasteiger partial charge in [0.05, 0.1) is 11.6 Å². The highest BCUT2D eigenvalue weighted by Gasteiger charge is 2.05. The lowest BCUT2D eigenvalue weighted by Gasteiger charge is -2.01. The topological polar surface area (TPSA) is 43.4 Å². The molecule has 0 atom stereocenters. The van der Waals surface area contributed by atoms with Crippen LogP contribution in [0.3, 0.4) is 0 Å². The molecule has 17 heavy (non-hydrogen) atoms. The van der Waals surface area contributed by atoms with E-state index in [0.717, 1.165) is 5.56 Å². The summed E-state index contributed by atoms with van der Waals surface area (Å²) in [7, 11) is 0. The van der Waals surface area contributed by atoms with Gasteiger partial charge in [0.1, 0.15) is 0 Å². The molecule has 1 rings (SSSR count). The van der Waals surface area contributed by atoms with Gasteiger partial charge in [-0.2, -0.15) is 0 Å². The van der Waals surface area contributed by atoms with Gasteiger partial charge in [0.15, 0.2) is 5.78 Å². The molecule has 0 aliphatic heterocycles. The van der Waals surface area contributed by atoms with Crippen molar-refractivity contribution in [2.24, 2.45) is 0 Å². The molecule has 4 heteroatoms. The zero-order chi connectivity index (χ0) is 12.8. The molecular weight excluding hydrogens is 240 g/mol. The van der Waals surface area contributed by atoms with Crippen LogP contribution in [0.1, 0.15) is 29.8 Å². The predicted octanol–water partition coefficient (Wildman–Crippen LogP) is 3.12. The third-order valence-corrected chi connectivity index (χ3v) is 2.38. The van der Waals surface area contributed by atoms with Gasteiger partial charge in [-0.05, 0) is 37.6 Å². The van der Waals surface area contributed by atoms with Crippen LogP contribution in [0.2, 0.25) is 5.02 Å². The molecule has 0 N–H and O–H groups in total. The molecule has 0 saturated carbocycles. The second-order valence-corrected chi connectivity index (χ2v) is 3.79. The third kappa shape index (κ3) is 4.04. The monoisotopic (exact) mass is 252 g/mol. The minimum absolute atomic E-state index is 0.0871. The molecule has 0 bridgehead atoms. The molecule has 1 aromatic rings. The van der Waals surface area contributed by atoms with E-state index in [9.17, 15) is 9.59 Å². The first-order chi connectivity index (χ1) is 8.04. The summed E-state index contributed by atoms with van der Waals surface area (Å²) in [6.07, 6.45) is 2.91. The zero-order valence-corrected chi connectivity index (χ0v) is 10.5. The van der Waals surface area contributed by atoms with E-state index in [1.165, 1.54) is 13.0 Å². The molecule has 0 aliphatic rings. The Morgan fingerprint density at radius 1 is 1.41 bits per heavy atom. The average molecular weight is 253 g/mol. The van der Waals surface area contributed by atoms with E-state index in [-0.39, 0.29) is 5.78 Å². The summed E-state index contributed by atoms with van der Waals surface area (Å²) in [5, 5.41) is 0.378. The summed E-state index contributed by atoms with van der Waals surface area (Å²) in [5.41, 5.74) is 1.22. The highest BCUT2D eigenvalue weighted by molar-refractivity contribution is 6.34. The molecule has 0 heterocycles. The lowest BCUT2D eigenvalue weighted by atomic mass is 10.1. The SMILES string of the molecule is CCOC(=O)C=Cc1ccc(C(C)=O)c(Cl)c1. The van der Waals surface area contributed by atoms with Crippen LogP contribution < -0.4 is 0 Å². The van der Waals surface area contributed by atoms with Gasteiger partial charge in [-0.25, -0.2) is 4.79 Å². The van der Waals surface area contributed by atoms with Crippen molar-refractivity contribution < 1.29 is 14.3 Å². The van der Waals surface area contributed by atoms with Gasteiger partial charge in [-0.3, -0.25) is 4.79 Å². The van der Waals surface area contributed by atoms with Gasteiger partial charge < -0.3 is 4.74 Å². The van der Waals surface area contributed by atoms with E-state index in [1.54, 1.807) is 31.2 Å².